The largest absolute Gasteiger partial charge is 0.508 e. The van der Waals surface area contributed by atoms with E-state index < -0.39 is 23.7 Å². The zero-order valence-electron chi connectivity index (χ0n) is 21.4. The maximum absolute atomic E-state index is 14.0. The number of carbonyl (C=O) groups is 4. The van der Waals surface area contributed by atoms with E-state index in [4.69, 9.17) is 21.1 Å². The summed E-state index contributed by atoms with van der Waals surface area (Å²) in [6.45, 7) is 0. The number of nitrogens with zero attached hydrogens (tertiary/aromatic N) is 1. The van der Waals surface area contributed by atoms with Crippen LogP contribution in [-0.2, 0) is 19.2 Å². The van der Waals surface area contributed by atoms with Crippen molar-refractivity contribution in [1.29, 1.82) is 0 Å². The number of ketones is 2. The number of fused-ring (bicyclic) bond motifs is 3. The molecular formula is C30H23BrClNO7. The predicted octanol–water partition coefficient (Wildman–Crippen LogP) is 5.03. The highest BCUT2D eigenvalue weighted by Gasteiger charge is 2.57. The van der Waals surface area contributed by atoms with Gasteiger partial charge in [-0.25, -0.2) is 0 Å². The minimum absolute atomic E-state index is 0.0967. The third-order valence-electron chi connectivity index (χ3n) is 8.23. The molecule has 1 saturated heterocycles. The highest BCUT2D eigenvalue weighted by Crippen LogP contribution is 2.58. The summed E-state index contributed by atoms with van der Waals surface area (Å²) in [6.07, 6.45) is 3.58. The number of phenols is 1. The number of benzene rings is 2. The Labute approximate surface area is 243 Å². The number of methoxy groups -OCH3 is 2. The molecule has 6 rings (SSSR count). The summed E-state index contributed by atoms with van der Waals surface area (Å²) in [5, 5.41) is 10.8. The van der Waals surface area contributed by atoms with E-state index in [1.807, 2.05) is 6.08 Å². The van der Waals surface area contributed by atoms with E-state index in [2.05, 4.69) is 15.9 Å². The van der Waals surface area contributed by atoms with Crippen molar-refractivity contribution in [2.24, 2.45) is 17.8 Å². The van der Waals surface area contributed by atoms with Gasteiger partial charge in [-0.3, -0.25) is 24.1 Å². The van der Waals surface area contributed by atoms with E-state index in [0.717, 1.165) is 5.57 Å². The van der Waals surface area contributed by atoms with Gasteiger partial charge in [0.05, 0.1) is 36.2 Å². The summed E-state index contributed by atoms with van der Waals surface area (Å²) >= 11 is 9.26. The summed E-state index contributed by atoms with van der Waals surface area (Å²) in [7, 11) is 2.87. The van der Waals surface area contributed by atoms with Crippen LogP contribution in [0.3, 0.4) is 0 Å². The second-order valence-corrected chi connectivity index (χ2v) is 11.4. The number of allylic oxidation sites excluding steroid dienone is 6. The number of hydrogen-bond acceptors (Lipinski definition) is 7. The van der Waals surface area contributed by atoms with E-state index >= 15 is 0 Å². The maximum atomic E-state index is 14.0. The van der Waals surface area contributed by atoms with E-state index in [0.29, 0.717) is 16.3 Å². The zero-order valence-corrected chi connectivity index (χ0v) is 23.8. The number of phenolic OH excluding ortho intramolecular Hbond substituents is 1. The fraction of sp³-hybridized carbons (Fsp3) is 0.267. The van der Waals surface area contributed by atoms with Gasteiger partial charge in [0.1, 0.15) is 17.2 Å². The van der Waals surface area contributed by atoms with E-state index in [9.17, 15) is 24.3 Å². The summed E-state index contributed by atoms with van der Waals surface area (Å²) < 4.78 is 11.4. The lowest BCUT2D eigenvalue weighted by Crippen LogP contribution is -2.39. The van der Waals surface area contributed by atoms with E-state index in [1.54, 1.807) is 24.3 Å². The van der Waals surface area contributed by atoms with Gasteiger partial charge in [-0.2, -0.15) is 0 Å². The van der Waals surface area contributed by atoms with Gasteiger partial charge >= 0.3 is 0 Å². The summed E-state index contributed by atoms with van der Waals surface area (Å²) in [5.74, 6) is -3.59. The van der Waals surface area contributed by atoms with Crippen LogP contribution < -0.4 is 14.4 Å². The third kappa shape index (κ3) is 3.86. The number of anilines is 1. The minimum atomic E-state index is -0.791. The summed E-state index contributed by atoms with van der Waals surface area (Å²) in [4.78, 5) is 55.7. The fourth-order valence-electron chi connectivity index (χ4n) is 6.59. The average molecular weight is 625 g/mol. The minimum Gasteiger partial charge on any atom is -0.508 e. The van der Waals surface area contributed by atoms with Gasteiger partial charge in [-0.15, -0.1) is 0 Å². The Kier molecular flexibility index (Phi) is 6.46. The van der Waals surface area contributed by atoms with Gasteiger partial charge in [0.25, 0.3) is 0 Å². The number of halogens is 2. The number of aromatic hydroxyl groups is 1. The number of Topliss-reactive ketones (excluding diaryl/α,β-unsaturated/α-hetero) is 1. The molecule has 2 aromatic carbocycles. The molecule has 3 aliphatic carbocycles. The number of ether oxygens (including phenoxy) is 2. The van der Waals surface area contributed by atoms with Crippen molar-refractivity contribution >= 4 is 56.6 Å². The quantitative estimate of drug-likeness (QED) is 0.289. The SMILES string of the molecule is COc1cc(O)cc(OC)c1[C@H]1C2=CC[C@@H]3C(=O)N(c4ccc(Cl)cc4)C(=O)[C@@H]3[C@@H]2CC2=C1C(=O)C=C(Br)C2=O. The van der Waals surface area contributed by atoms with Gasteiger partial charge in [0.2, 0.25) is 11.8 Å². The normalized spacial score (nSPS) is 25.8. The molecular weight excluding hydrogens is 602 g/mol. The molecule has 204 valence electrons. The maximum Gasteiger partial charge on any atom is 0.238 e. The molecule has 1 fully saturated rings. The molecule has 2 amide bonds. The van der Waals surface area contributed by atoms with Crippen LogP contribution in [0.1, 0.15) is 24.3 Å². The van der Waals surface area contributed by atoms with Crippen LogP contribution in [0.5, 0.6) is 17.2 Å². The molecule has 1 heterocycles. The van der Waals surface area contributed by atoms with Crippen LogP contribution in [0, 0.1) is 17.8 Å². The Morgan fingerprint density at radius 3 is 2.25 bits per heavy atom. The number of amides is 2. The molecule has 0 bridgehead atoms. The molecule has 0 unspecified atom stereocenters. The molecule has 0 saturated carbocycles. The lowest BCUT2D eigenvalue weighted by molar-refractivity contribution is -0.123. The monoisotopic (exact) mass is 623 g/mol. The van der Waals surface area contributed by atoms with Crippen LogP contribution in [0.25, 0.3) is 0 Å². The first kappa shape index (κ1) is 26.5. The van der Waals surface area contributed by atoms with Crippen LogP contribution >= 0.6 is 27.5 Å². The van der Waals surface area contributed by atoms with Crippen LogP contribution in [-0.4, -0.2) is 42.7 Å². The highest BCUT2D eigenvalue weighted by atomic mass is 79.9. The Balaban J connectivity index is 1.54. The fourth-order valence-corrected chi connectivity index (χ4v) is 7.17. The molecule has 2 aromatic rings. The van der Waals surface area contributed by atoms with Gasteiger partial charge in [-0.1, -0.05) is 23.3 Å². The van der Waals surface area contributed by atoms with Crippen molar-refractivity contribution in [3.05, 3.63) is 80.3 Å². The average Bonchev–Trinajstić information content (AvgIpc) is 3.20. The number of carbonyl (C=O) groups excluding carboxylic acids is 4. The van der Waals surface area contributed by atoms with Gasteiger partial charge in [-0.05, 0) is 59.0 Å². The van der Waals surface area contributed by atoms with Crippen molar-refractivity contribution in [2.45, 2.75) is 18.8 Å². The molecule has 10 heteroatoms. The molecule has 0 radical (unpaired) electrons. The number of imide groups is 1. The lowest BCUT2D eigenvalue weighted by Gasteiger charge is -2.42. The smallest absolute Gasteiger partial charge is 0.238 e. The lowest BCUT2D eigenvalue weighted by atomic mass is 9.59. The van der Waals surface area contributed by atoms with E-state index in [1.165, 1.54) is 37.3 Å². The van der Waals surface area contributed by atoms with Crippen LogP contribution in [0.2, 0.25) is 5.02 Å². The standard InChI is InChI=1S/C30H23BrClNO7/c1-39-22-9-15(34)10-23(40-2)27(22)26-16-7-8-17-24(18(16)11-19-25(26)21(35)12-20(31)28(19)36)30(38)33(29(17)37)14-5-3-13(32)4-6-14/h3-7,9-10,12,17-18,24,26,34H,8,11H2,1-2H3/t17-,18+,24-,26-/m0/s1. The van der Waals surface area contributed by atoms with Crippen molar-refractivity contribution < 1.29 is 33.8 Å². The molecule has 4 atom stereocenters. The highest BCUT2D eigenvalue weighted by molar-refractivity contribution is 9.12. The first-order valence-corrected chi connectivity index (χ1v) is 13.8. The molecule has 0 aromatic heterocycles. The van der Waals surface area contributed by atoms with Crippen molar-refractivity contribution in [1.82, 2.24) is 0 Å². The molecule has 4 aliphatic rings. The Bertz CT molecular complexity index is 1580. The summed E-state index contributed by atoms with van der Waals surface area (Å²) in [6, 6.07) is 9.34. The predicted molar refractivity (Wildman–Crippen MR) is 150 cm³/mol. The van der Waals surface area contributed by atoms with Crippen LogP contribution in [0.15, 0.2) is 69.8 Å². The molecule has 8 nitrogen and oxygen atoms in total. The Hall–Kier alpha value is -3.69. The Morgan fingerprint density at radius 2 is 1.62 bits per heavy atom. The van der Waals surface area contributed by atoms with Crippen molar-refractivity contribution in [3.8, 4) is 17.2 Å². The zero-order chi connectivity index (χ0) is 28.5. The second-order valence-electron chi connectivity index (χ2n) is 10.1. The van der Waals surface area contributed by atoms with Crippen LogP contribution in [0.4, 0.5) is 5.69 Å². The topological polar surface area (TPSA) is 110 Å². The number of rotatable bonds is 4. The van der Waals surface area contributed by atoms with Gasteiger partial charge in [0.15, 0.2) is 11.6 Å². The van der Waals surface area contributed by atoms with Crippen molar-refractivity contribution in [2.75, 3.05) is 19.1 Å². The Morgan fingerprint density at radius 1 is 0.975 bits per heavy atom. The second kappa shape index (κ2) is 9.74. The first-order chi connectivity index (χ1) is 19.2. The molecule has 1 aliphatic heterocycles. The molecule has 1 N–H and O–H groups in total. The first-order valence-electron chi connectivity index (χ1n) is 12.6. The molecule has 40 heavy (non-hydrogen) atoms. The number of hydrogen-bond donors (Lipinski definition) is 1. The van der Waals surface area contributed by atoms with Gasteiger partial charge < -0.3 is 14.6 Å². The third-order valence-corrected chi connectivity index (χ3v) is 9.07. The van der Waals surface area contributed by atoms with Crippen molar-refractivity contribution in [3.63, 3.8) is 0 Å². The summed E-state index contributed by atoms with van der Waals surface area (Å²) in [5.41, 5.74) is 2.20. The van der Waals surface area contributed by atoms with Gasteiger partial charge in [0, 0.05) is 45.9 Å². The van der Waals surface area contributed by atoms with E-state index in [-0.39, 0.29) is 69.1 Å². The molecule has 0 spiro atoms.